The first kappa shape index (κ1) is 22.6. The highest BCUT2D eigenvalue weighted by Crippen LogP contribution is 2.27. The second-order valence-corrected chi connectivity index (χ2v) is 9.51. The largest absolute Gasteiger partial charge is 0.323 e. The molecule has 3 rings (SSSR count). The molecule has 1 amide bonds. The van der Waals surface area contributed by atoms with Crippen LogP contribution in [-0.4, -0.2) is 36.6 Å². The first-order valence-electron chi connectivity index (χ1n) is 10.1. The fourth-order valence-corrected chi connectivity index (χ4v) is 5.00. The molecule has 1 saturated carbocycles. The topological polar surface area (TPSA) is 110 Å². The van der Waals surface area contributed by atoms with E-state index in [-0.39, 0.29) is 16.6 Å². The lowest BCUT2D eigenvalue weighted by molar-refractivity contribution is -0.384. The summed E-state index contributed by atoms with van der Waals surface area (Å²) in [5.41, 5.74) is 1.09. The first-order valence-corrected chi connectivity index (χ1v) is 11.5. The number of carbonyl (C=O) groups excluding carboxylic acids is 1. The molecule has 0 radical (unpaired) electrons. The molecule has 0 spiro atoms. The molecule has 9 heteroatoms. The number of hydrogen-bond donors (Lipinski definition) is 1. The Balaban J connectivity index is 1.61. The second-order valence-electron chi connectivity index (χ2n) is 7.51. The van der Waals surface area contributed by atoms with Gasteiger partial charge in [0.15, 0.2) is 0 Å². The van der Waals surface area contributed by atoms with Crippen LogP contribution in [-0.2, 0) is 14.8 Å². The summed E-state index contributed by atoms with van der Waals surface area (Å²) < 4.78 is 27.2. The van der Waals surface area contributed by atoms with Crippen LogP contribution in [0.4, 0.5) is 11.4 Å². The van der Waals surface area contributed by atoms with Crippen molar-refractivity contribution in [1.82, 2.24) is 4.31 Å². The lowest BCUT2D eigenvalue weighted by Crippen LogP contribution is -2.38. The lowest BCUT2D eigenvalue weighted by Gasteiger charge is -2.30. The number of amides is 1. The molecule has 0 unspecified atom stereocenters. The molecule has 0 saturated heterocycles. The molecular weight excluding hydrogens is 418 g/mol. The number of rotatable bonds is 7. The van der Waals surface area contributed by atoms with Crippen LogP contribution in [0.15, 0.2) is 59.5 Å². The summed E-state index contributed by atoms with van der Waals surface area (Å²) in [6, 6.07) is 11.9. The fourth-order valence-electron chi connectivity index (χ4n) is 3.58. The van der Waals surface area contributed by atoms with Gasteiger partial charge >= 0.3 is 0 Å². The molecule has 0 aromatic heterocycles. The van der Waals surface area contributed by atoms with Gasteiger partial charge in [-0.25, -0.2) is 8.42 Å². The molecule has 1 fully saturated rings. The Hall–Kier alpha value is -3.04. The second kappa shape index (κ2) is 9.84. The van der Waals surface area contributed by atoms with Gasteiger partial charge in [0, 0.05) is 37.0 Å². The van der Waals surface area contributed by atoms with Gasteiger partial charge in [0.05, 0.1) is 9.82 Å². The molecular formula is C22H25N3O5S. The predicted molar refractivity (Wildman–Crippen MR) is 119 cm³/mol. The molecule has 164 valence electrons. The molecule has 2 aromatic carbocycles. The highest BCUT2D eigenvalue weighted by Gasteiger charge is 2.28. The number of nitrogens with one attached hydrogen (secondary N) is 1. The van der Waals surface area contributed by atoms with Gasteiger partial charge in [-0.05, 0) is 60.9 Å². The summed E-state index contributed by atoms with van der Waals surface area (Å²) >= 11 is 0. The van der Waals surface area contributed by atoms with E-state index in [0.717, 1.165) is 32.1 Å². The maximum atomic E-state index is 12.9. The number of carbonyl (C=O) groups is 1. The van der Waals surface area contributed by atoms with Gasteiger partial charge in [-0.15, -0.1) is 0 Å². The summed E-state index contributed by atoms with van der Waals surface area (Å²) in [6.07, 6.45) is 7.85. The Morgan fingerprint density at radius 2 is 1.68 bits per heavy atom. The van der Waals surface area contributed by atoms with Crippen molar-refractivity contribution in [3.63, 3.8) is 0 Å². The normalized spacial score (nSPS) is 15.3. The zero-order valence-corrected chi connectivity index (χ0v) is 18.0. The zero-order chi connectivity index (χ0) is 22.4. The summed E-state index contributed by atoms with van der Waals surface area (Å²) in [7, 11) is -1.95. The Bertz CT molecular complexity index is 1060. The van der Waals surface area contributed by atoms with E-state index < -0.39 is 20.9 Å². The highest BCUT2D eigenvalue weighted by atomic mass is 32.2. The number of anilines is 1. The van der Waals surface area contributed by atoms with Crippen molar-refractivity contribution in [3.05, 3.63) is 70.3 Å². The van der Waals surface area contributed by atoms with Crippen molar-refractivity contribution in [2.45, 2.75) is 43.0 Å². The summed E-state index contributed by atoms with van der Waals surface area (Å²) in [5, 5.41) is 13.3. The van der Waals surface area contributed by atoms with E-state index in [9.17, 15) is 23.3 Å². The van der Waals surface area contributed by atoms with Crippen molar-refractivity contribution in [2.24, 2.45) is 0 Å². The number of hydrogen-bond acceptors (Lipinski definition) is 5. The van der Waals surface area contributed by atoms with E-state index in [1.165, 1.54) is 40.7 Å². The van der Waals surface area contributed by atoms with E-state index in [1.807, 2.05) is 0 Å². The lowest BCUT2D eigenvalue weighted by atomic mass is 9.96. The van der Waals surface area contributed by atoms with Crippen LogP contribution in [0.2, 0.25) is 0 Å². The Kier molecular flexibility index (Phi) is 7.19. The van der Waals surface area contributed by atoms with E-state index in [2.05, 4.69) is 5.32 Å². The number of nitro benzene ring substituents is 1. The SMILES string of the molecule is CN(C1CCCCC1)S(=O)(=O)c1ccc(NC(=O)/C=C/c2ccc([N+](=O)[O-])cc2)cc1. The third-order valence-corrected chi connectivity index (χ3v) is 7.34. The maximum absolute atomic E-state index is 12.9. The van der Waals surface area contributed by atoms with Gasteiger partial charge in [-0.3, -0.25) is 14.9 Å². The number of sulfonamides is 1. The Morgan fingerprint density at radius 1 is 1.06 bits per heavy atom. The summed E-state index contributed by atoms with van der Waals surface area (Å²) in [6.45, 7) is 0. The average molecular weight is 444 g/mol. The van der Waals surface area contributed by atoms with Gasteiger partial charge in [0.2, 0.25) is 15.9 Å². The number of non-ortho nitro benzene ring substituents is 1. The first-order chi connectivity index (χ1) is 14.8. The molecule has 0 atom stereocenters. The maximum Gasteiger partial charge on any atom is 0.269 e. The molecule has 0 heterocycles. The van der Waals surface area contributed by atoms with E-state index in [1.54, 1.807) is 31.3 Å². The van der Waals surface area contributed by atoms with Crippen LogP contribution in [0.5, 0.6) is 0 Å². The van der Waals surface area contributed by atoms with Crippen LogP contribution >= 0.6 is 0 Å². The molecule has 1 aliphatic rings. The monoisotopic (exact) mass is 443 g/mol. The quantitative estimate of drug-likeness (QED) is 0.392. The van der Waals surface area contributed by atoms with Crippen LogP contribution in [0.25, 0.3) is 6.08 Å². The zero-order valence-electron chi connectivity index (χ0n) is 17.2. The smallest absolute Gasteiger partial charge is 0.269 e. The molecule has 8 nitrogen and oxygen atoms in total. The van der Waals surface area contributed by atoms with Crippen LogP contribution in [0.3, 0.4) is 0 Å². The van der Waals surface area contributed by atoms with Crippen LogP contribution < -0.4 is 5.32 Å². The van der Waals surface area contributed by atoms with Crippen LogP contribution in [0.1, 0.15) is 37.7 Å². The van der Waals surface area contributed by atoms with E-state index in [4.69, 9.17) is 0 Å². The standard InChI is InChI=1S/C22H25N3O5S/c1-24(19-5-3-2-4-6-19)31(29,30)21-14-10-18(11-15-21)23-22(26)16-9-17-7-12-20(13-8-17)25(27)28/h7-16,19H,2-6H2,1H3,(H,23,26)/b16-9+. The van der Waals surface area contributed by atoms with Crippen molar-refractivity contribution in [1.29, 1.82) is 0 Å². The van der Waals surface area contributed by atoms with Gasteiger partial charge in [-0.2, -0.15) is 4.31 Å². The van der Waals surface area contributed by atoms with Gasteiger partial charge < -0.3 is 5.32 Å². The molecule has 0 bridgehead atoms. The minimum Gasteiger partial charge on any atom is -0.323 e. The Labute approximate surface area is 181 Å². The minimum absolute atomic E-state index is 0.0224. The predicted octanol–water partition coefficient (Wildman–Crippen LogP) is 4.20. The molecule has 1 N–H and O–H groups in total. The van der Waals surface area contributed by atoms with Crippen molar-refractivity contribution >= 4 is 33.4 Å². The third kappa shape index (κ3) is 5.77. The van der Waals surface area contributed by atoms with Crippen LogP contribution in [0, 0.1) is 10.1 Å². The fraction of sp³-hybridized carbons (Fsp3) is 0.318. The van der Waals surface area contributed by atoms with E-state index in [0.29, 0.717) is 11.3 Å². The highest BCUT2D eigenvalue weighted by molar-refractivity contribution is 7.89. The molecule has 0 aliphatic heterocycles. The van der Waals surface area contributed by atoms with Gasteiger partial charge in [-0.1, -0.05) is 19.3 Å². The molecule has 2 aromatic rings. The van der Waals surface area contributed by atoms with Crippen molar-refractivity contribution < 1.29 is 18.1 Å². The average Bonchev–Trinajstić information content (AvgIpc) is 2.78. The minimum atomic E-state index is -3.58. The molecule has 1 aliphatic carbocycles. The number of nitro groups is 1. The number of nitrogens with zero attached hydrogens (tertiary/aromatic N) is 2. The van der Waals surface area contributed by atoms with Crippen molar-refractivity contribution in [3.8, 4) is 0 Å². The Morgan fingerprint density at radius 3 is 2.26 bits per heavy atom. The third-order valence-electron chi connectivity index (χ3n) is 5.42. The summed E-state index contributed by atoms with van der Waals surface area (Å²) in [5.74, 6) is -0.395. The van der Waals surface area contributed by atoms with Crippen molar-refractivity contribution in [2.75, 3.05) is 12.4 Å². The number of benzene rings is 2. The summed E-state index contributed by atoms with van der Waals surface area (Å²) in [4.78, 5) is 22.5. The van der Waals surface area contributed by atoms with Gasteiger partial charge in [0.1, 0.15) is 0 Å². The van der Waals surface area contributed by atoms with E-state index >= 15 is 0 Å². The molecule has 31 heavy (non-hydrogen) atoms. The van der Waals surface area contributed by atoms with Gasteiger partial charge in [0.25, 0.3) is 5.69 Å².